The van der Waals surface area contributed by atoms with Crippen LogP contribution in [-0.4, -0.2) is 25.1 Å². The van der Waals surface area contributed by atoms with Crippen molar-refractivity contribution in [3.05, 3.63) is 59.7 Å². The summed E-state index contributed by atoms with van der Waals surface area (Å²) in [5.41, 5.74) is 9.27. The van der Waals surface area contributed by atoms with Gasteiger partial charge in [0.15, 0.2) is 0 Å². The maximum absolute atomic E-state index is 5.84. The number of methoxy groups -OCH3 is 1. The summed E-state index contributed by atoms with van der Waals surface area (Å²) in [6, 6.07) is 16.4. The van der Waals surface area contributed by atoms with Crippen molar-refractivity contribution in [3.63, 3.8) is 0 Å². The van der Waals surface area contributed by atoms with Gasteiger partial charge in [-0.2, -0.15) is 0 Å². The molecule has 0 saturated carbocycles. The van der Waals surface area contributed by atoms with Crippen LogP contribution in [0.2, 0.25) is 0 Å². The zero-order chi connectivity index (χ0) is 15.1. The van der Waals surface area contributed by atoms with Crippen LogP contribution in [0.25, 0.3) is 0 Å². The molecule has 2 rings (SSSR count). The Balaban J connectivity index is 1.89. The average molecular weight is 284 g/mol. The zero-order valence-electron chi connectivity index (χ0n) is 12.9. The summed E-state index contributed by atoms with van der Waals surface area (Å²) in [6.07, 6.45) is 1.04. The van der Waals surface area contributed by atoms with Gasteiger partial charge in [-0.1, -0.05) is 31.2 Å². The summed E-state index contributed by atoms with van der Waals surface area (Å²) in [5, 5.41) is 0. The summed E-state index contributed by atoms with van der Waals surface area (Å²) >= 11 is 0. The van der Waals surface area contributed by atoms with E-state index in [2.05, 4.69) is 36.1 Å². The minimum Gasteiger partial charge on any atom is -0.497 e. The van der Waals surface area contributed by atoms with Gasteiger partial charge in [-0.15, -0.1) is 0 Å². The first-order valence-corrected chi connectivity index (χ1v) is 7.41. The number of hydrogen-bond acceptors (Lipinski definition) is 3. The van der Waals surface area contributed by atoms with Gasteiger partial charge in [-0.05, 0) is 48.4 Å². The molecular weight excluding hydrogens is 260 g/mol. The lowest BCUT2D eigenvalue weighted by molar-refractivity contribution is 0.283. The lowest BCUT2D eigenvalue weighted by Crippen LogP contribution is -2.25. The SMILES string of the molecule is CCN(CCc1ccc(OC)cc1)Cc1cccc(N)c1. The molecule has 0 aliphatic rings. The van der Waals surface area contributed by atoms with Crippen LogP contribution < -0.4 is 10.5 Å². The second-order valence-corrected chi connectivity index (χ2v) is 5.21. The minimum atomic E-state index is 0.832. The molecule has 0 amide bonds. The molecule has 3 heteroatoms. The summed E-state index contributed by atoms with van der Waals surface area (Å²) in [5.74, 6) is 0.908. The zero-order valence-corrected chi connectivity index (χ0v) is 12.9. The number of anilines is 1. The fourth-order valence-corrected chi connectivity index (χ4v) is 2.38. The van der Waals surface area contributed by atoms with Crippen LogP contribution in [0.3, 0.4) is 0 Å². The predicted molar refractivity (Wildman–Crippen MR) is 88.5 cm³/mol. The molecule has 0 atom stereocenters. The van der Waals surface area contributed by atoms with Crippen LogP contribution in [-0.2, 0) is 13.0 Å². The molecule has 0 saturated heterocycles. The Morgan fingerprint density at radius 3 is 2.43 bits per heavy atom. The van der Waals surface area contributed by atoms with Gasteiger partial charge in [0.2, 0.25) is 0 Å². The Bertz CT molecular complexity index is 551. The fourth-order valence-electron chi connectivity index (χ4n) is 2.38. The normalized spacial score (nSPS) is 10.8. The number of nitrogens with two attached hydrogens (primary N) is 1. The number of ether oxygens (including phenoxy) is 1. The molecule has 0 unspecified atom stereocenters. The molecule has 0 bridgehead atoms. The smallest absolute Gasteiger partial charge is 0.118 e. The first-order valence-electron chi connectivity index (χ1n) is 7.41. The van der Waals surface area contributed by atoms with Gasteiger partial charge in [-0.25, -0.2) is 0 Å². The average Bonchev–Trinajstić information content (AvgIpc) is 2.52. The highest BCUT2D eigenvalue weighted by atomic mass is 16.5. The fraction of sp³-hybridized carbons (Fsp3) is 0.333. The monoisotopic (exact) mass is 284 g/mol. The summed E-state index contributed by atoms with van der Waals surface area (Å²) in [4.78, 5) is 2.43. The molecule has 2 aromatic carbocycles. The number of likely N-dealkylation sites (N-methyl/N-ethyl adjacent to an activating group) is 1. The van der Waals surface area contributed by atoms with Gasteiger partial charge < -0.3 is 10.5 Å². The molecule has 21 heavy (non-hydrogen) atoms. The summed E-state index contributed by atoms with van der Waals surface area (Å²) in [6.45, 7) is 5.21. The van der Waals surface area contributed by atoms with Crippen molar-refractivity contribution in [2.45, 2.75) is 19.9 Å². The first-order chi connectivity index (χ1) is 10.2. The molecule has 0 fully saturated rings. The van der Waals surface area contributed by atoms with Crippen LogP contribution in [0.5, 0.6) is 5.75 Å². The Morgan fingerprint density at radius 1 is 1.05 bits per heavy atom. The Morgan fingerprint density at radius 2 is 1.81 bits per heavy atom. The van der Waals surface area contributed by atoms with E-state index in [0.717, 1.165) is 37.5 Å². The topological polar surface area (TPSA) is 38.5 Å². The molecule has 112 valence electrons. The molecule has 2 N–H and O–H groups in total. The molecule has 2 aromatic rings. The van der Waals surface area contributed by atoms with Crippen molar-refractivity contribution in [2.75, 3.05) is 25.9 Å². The molecule has 0 heterocycles. The van der Waals surface area contributed by atoms with Gasteiger partial charge in [0.05, 0.1) is 7.11 Å². The second-order valence-electron chi connectivity index (χ2n) is 5.21. The van der Waals surface area contributed by atoms with E-state index in [0.29, 0.717) is 0 Å². The lowest BCUT2D eigenvalue weighted by Gasteiger charge is -2.20. The van der Waals surface area contributed by atoms with Crippen LogP contribution in [0.1, 0.15) is 18.1 Å². The maximum Gasteiger partial charge on any atom is 0.118 e. The van der Waals surface area contributed by atoms with Crippen LogP contribution in [0.4, 0.5) is 5.69 Å². The van der Waals surface area contributed by atoms with E-state index in [9.17, 15) is 0 Å². The van der Waals surface area contributed by atoms with E-state index >= 15 is 0 Å². The van der Waals surface area contributed by atoms with E-state index in [4.69, 9.17) is 10.5 Å². The van der Waals surface area contributed by atoms with Crippen LogP contribution in [0.15, 0.2) is 48.5 Å². The standard InChI is InChI=1S/C18H24N2O/c1-3-20(14-16-5-4-6-17(19)13-16)12-11-15-7-9-18(21-2)10-8-15/h4-10,13H,3,11-12,14,19H2,1-2H3. The van der Waals surface area contributed by atoms with Crippen LogP contribution in [0, 0.1) is 0 Å². The molecule has 0 aromatic heterocycles. The van der Waals surface area contributed by atoms with Crippen molar-refractivity contribution < 1.29 is 4.74 Å². The Kier molecular flexibility index (Phi) is 5.64. The first kappa shape index (κ1) is 15.4. The Hall–Kier alpha value is -2.00. The second kappa shape index (κ2) is 7.70. The number of rotatable bonds is 7. The summed E-state index contributed by atoms with van der Waals surface area (Å²) in [7, 11) is 1.69. The van der Waals surface area contributed by atoms with E-state index in [1.165, 1.54) is 11.1 Å². The highest BCUT2D eigenvalue weighted by molar-refractivity contribution is 5.40. The van der Waals surface area contributed by atoms with E-state index in [1.54, 1.807) is 7.11 Å². The van der Waals surface area contributed by atoms with Crippen molar-refractivity contribution in [1.82, 2.24) is 4.90 Å². The van der Waals surface area contributed by atoms with Crippen molar-refractivity contribution in [2.24, 2.45) is 0 Å². The Labute approximate surface area is 127 Å². The van der Waals surface area contributed by atoms with Crippen molar-refractivity contribution >= 4 is 5.69 Å². The third-order valence-electron chi connectivity index (χ3n) is 3.68. The number of benzene rings is 2. The molecular formula is C18H24N2O. The lowest BCUT2D eigenvalue weighted by atomic mass is 10.1. The maximum atomic E-state index is 5.84. The van der Waals surface area contributed by atoms with Crippen molar-refractivity contribution in [1.29, 1.82) is 0 Å². The third kappa shape index (κ3) is 4.80. The highest BCUT2D eigenvalue weighted by Gasteiger charge is 2.05. The van der Waals surface area contributed by atoms with Gasteiger partial charge in [0.1, 0.15) is 5.75 Å². The minimum absolute atomic E-state index is 0.832. The van der Waals surface area contributed by atoms with Gasteiger partial charge >= 0.3 is 0 Å². The largest absolute Gasteiger partial charge is 0.497 e. The van der Waals surface area contributed by atoms with Gasteiger partial charge in [0.25, 0.3) is 0 Å². The van der Waals surface area contributed by atoms with E-state index in [1.807, 2.05) is 24.3 Å². The number of hydrogen-bond donors (Lipinski definition) is 1. The highest BCUT2D eigenvalue weighted by Crippen LogP contribution is 2.13. The molecule has 0 radical (unpaired) electrons. The van der Waals surface area contributed by atoms with Crippen LogP contribution >= 0.6 is 0 Å². The van der Waals surface area contributed by atoms with Crippen molar-refractivity contribution in [3.8, 4) is 5.75 Å². The van der Waals surface area contributed by atoms with Gasteiger partial charge in [0, 0.05) is 18.8 Å². The molecule has 0 aliphatic carbocycles. The number of nitrogens with zero attached hydrogens (tertiary/aromatic N) is 1. The van der Waals surface area contributed by atoms with Gasteiger partial charge in [-0.3, -0.25) is 4.90 Å². The molecule has 3 nitrogen and oxygen atoms in total. The number of nitrogen functional groups attached to an aromatic ring is 1. The predicted octanol–water partition coefficient (Wildman–Crippen LogP) is 3.34. The van der Waals surface area contributed by atoms with E-state index < -0.39 is 0 Å². The quantitative estimate of drug-likeness (QED) is 0.793. The van der Waals surface area contributed by atoms with E-state index in [-0.39, 0.29) is 0 Å². The molecule has 0 aliphatic heterocycles. The molecule has 0 spiro atoms. The third-order valence-corrected chi connectivity index (χ3v) is 3.68. The summed E-state index contributed by atoms with van der Waals surface area (Å²) < 4.78 is 5.18.